The van der Waals surface area contributed by atoms with Crippen LogP contribution in [0.15, 0.2) is 0 Å². The fourth-order valence-electron chi connectivity index (χ4n) is 8.40. The molecule has 290 valence electrons. The minimum atomic E-state index is -1.13. The summed E-state index contributed by atoms with van der Waals surface area (Å²) in [6.45, 7) is 15.5. The lowest BCUT2D eigenvalue weighted by atomic mass is 9.70. The first-order valence-corrected chi connectivity index (χ1v) is 19.6. The molecule has 4 fully saturated rings. The van der Waals surface area contributed by atoms with E-state index in [2.05, 4.69) is 46.4 Å². The summed E-state index contributed by atoms with van der Waals surface area (Å²) in [6, 6.07) is -3.71. The molecule has 0 aromatic heterocycles. The van der Waals surface area contributed by atoms with Gasteiger partial charge in [0, 0.05) is 38.5 Å². The standard InChI is InChI=1S/C40H64N6O6/c1-9-11-15-27(32(48)35(50)41-22-10-2)43-34(49)31-30-26(39(30,6)7)24-46(31)36(51)33(40(8)20-13-12-14-21-40)45-37(52)44-28(38(3,4)5)18-19-29(47)42-23-25-16-17-25/h1,25-28,30-31,33H,10-24H2,2-8H3,(H,41,50)(H,42,47)(H,43,49)(H2,44,45,52)/t26-,27?,28?,30-,31?,33?/m0/s1. The van der Waals surface area contributed by atoms with E-state index in [0.29, 0.717) is 38.4 Å². The van der Waals surface area contributed by atoms with Crippen LogP contribution in [0.2, 0.25) is 0 Å². The zero-order valence-corrected chi connectivity index (χ0v) is 32.6. The van der Waals surface area contributed by atoms with Crippen molar-refractivity contribution in [3.8, 4) is 12.3 Å². The van der Waals surface area contributed by atoms with E-state index in [4.69, 9.17) is 6.42 Å². The minimum Gasteiger partial charge on any atom is -0.356 e. The van der Waals surface area contributed by atoms with E-state index in [1.807, 2.05) is 34.6 Å². The first-order chi connectivity index (χ1) is 24.4. The summed E-state index contributed by atoms with van der Waals surface area (Å²) in [4.78, 5) is 82.9. The Morgan fingerprint density at radius 2 is 1.60 bits per heavy atom. The third-order valence-corrected chi connectivity index (χ3v) is 12.2. The van der Waals surface area contributed by atoms with Crippen molar-refractivity contribution in [3.63, 3.8) is 0 Å². The number of amides is 6. The first kappa shape index (κ1) is 41.1. The molecular weight excluding hydrogens is 660 g/mol. The predicted octanol–water partition coefficient (Wildman–Crippen LogP) is 3.82. The van der Waals surface area contributed by atoms with Crippen LogP contribution in [0.3, 0.4) is 0 Å². The molecule has 0 bridgehead atoms. The highest BCUT2D eigenvalue weighted by atomic mass is 16.2. The van der Waals surface area contributed by atoms with E-state index in [1.54, 1.807) is 4.90 Å². The quantitative estimate of drug-likeness (QED) is 0.113. The van der Waals surface area contributed by atoms with Crippen molar-refractivity contribution < 1.29 is 28.8 Å². The van der Waals surface area contributed by atoms with Gasteiger partial charge in [0.25, 0.3) is 5.91 Å². The van der Waals surface area contributed by atoms with Gasteiger partial charge in [0.15, 0.2) is 0 Å². The summed E-state index contributed by atoms with van der Waals surface area (Å²) >= 11 is 0. The zero-order chi connectivity index (χ0) is 38.4. The predicted molar refractivity (Wildman–Crippen MR) is 199 cm³/mol. The third-order valence-electron chi connectivity index (χ3n) is 12.2. The molecule has 4 aliphatic rings. The maximum Gasteiger partial charge on any atom is 0.315 e. The number of carbonyl (C=O) groups excluding carboxylic acids is 6. The minimum absolute atomic E-state index is 0.0317. The fourth-order valence-corrected chi connectivity index (χ4v) is 8.40. The van der Waals surface area contributed by atoms with Crippen molar-refractivity contribution in [2.45, 2.75) is 150 Å². The average Bonchev–Trinajstić information content (AvgIpc) is 3.96. The number of terminal acetylenes is 1. The van der Waals surface area contributed by atoms with Gasteiger partial charge in [-0.3, -0.25) is 24.0 Å². The summed E-state index contributed by atoms with van der Waals surface area (Å²) in [6.07, 6.45) is 13.8. The van der Waals surface area contributed by atoms with Crippen molar-refractivity contribution in [1.82, 2.24) is 31.5 Å². The average molecular weight is 725 g/mol. The van der Waals surface area contributed by atoms with Crippen LogP contribution in [0.25, 0.3) is 0 Å². The Kier molecular flexibility index (Phi) is 13.5. The van der Waals surface area contributed by atoms with Crippen molar-refractivity contribution >= 4 is 35.4 Å². The number of likely N-dealkylation sites (tertiary alicyclic amines) is 1. The Morgan fingerprint density at radius 3 is 2.19 bits per heavy atom. The lowest BCUT2D eigenvalue weighted by Gasteiger charge is -2.43. The molecule has 5 N–H and O–H groups in total. The lowest BCUT2D eigenvalue weighted by molar-refractivity contribution is -0.146. The number of ketones is 1. The SMILES string of the molecule is C#CCCC(NC(=O)C1[C@@H]2[C@H](CN1C(=O)C(NC(=O)NC(CCC(=O)NCC1CC1)C(C)(C)C)C1(C)CCCCC1)C2(C)C)C(=O)C(=O)NCCC. The van der Waals surface area contributed by atoms with Crippen molar-refractivity contribution in [2.75, 3.05) is 19.6 Å². The lowest BCUT2D eigenvalue weighted by Crippen LogP contribution is -2.63. The van der Waals surface area contributed by atoms with Gasteiger partial charge in [-0.15, -0.1) is 12.3 Å². The van der Waals surface area contributed by atoms with Gasteiger partial charge >= 0.3 is 6.03 Å². The van der Waals surface area contributed by atoms with Crippen LogP contribution < -0.4 is 26.6 Å². The van der Waals surface area contributed by atoms with Crippen LogP contribution >= 0.6 is 0 Å². The van der Waals surface area contributed by atoms with Gasteiger partial charge in [-0.25, -0.2) is 4.79 Å². The van der Waals surface area contributed by atoms with E-state index in [-0.39, 0.29) is 59.8 Å². The molecule has 4 rings (SSSR count). The van der Waals surface area contributed by atoms with Gasteiger partial charge in [0.1, 0.15) is 12.1 Å². The number of urea groups is 1. The maximum atomic E-state index is 14.8. The highest BCUT2D eigenvalue weighted by Crippen LogP contribution is 2.65. The zero-order valence-electron chi connectivity index (χ0n) is 32.6. The van der Waals surface area contributed by atoms with Crippen LogP contribution in [-0.4, -0.2) is 84.1 Å². The fraction of sp³-hybridized carbons (Fsp3) is 0.800. The molecule has 1 heterocycles. The number of piperidine rings is 1. The van der Waals surface area contributed by atoms with Crippen molar-refractivity contribution in [2.24, 2.45) is 34.0 Å². The number of fused-ring (bicyclic) bond motifs is 1. The molecule has 4 unspecified atom stereocenters. The van der Waals surface area contributed by atoms with Gasteiger partial charge in [-0.1, -0.05) is 67.7 Å². The molecule has 3 aliphatic carbocycles. The second-order valence-electron chi connectivity index (χ2n) is 17.8. The van der Waals surface area contributed by atoms with Gasteiger partial charge in [-0.2, -0.15) is 0 Å². The molecule has 12 heteroatoms. The molecular formula is C40H64N6O6. The van der Waals surface area contributed by atoms with Gasteiger partial charge in [-0.05, 0) is 78.9 Å². The van der Waals surface area contributed by atoms with Gasteiger partial charge in [0.05, 0.1) is 6.04 Å². The largest absolute Gasteiger partial charge is 0.356 e. The summed E-state index contributed by atoms with van der Waals surface area (Å²) in [5.74, 6) is 0.621. The molecule has 52 heavy (non-hydrogen) atoms. The Hall–Kier alpha value is -3.62. The third kappa shape index (κ3) is 10.1. The molecule has 3 saturated carbocycles. The molecule has 0 aromatic carbocycles. The molecule has 0 spiro atoms. The van der Waals surface area contributed by atoms with E-state index in [9.17, 15) is 28.8 Å². The summed E-state index contributed by atoms with van der Waals surface area (Å²) in [5.41, 5.74) is -1.09. The number of hydrogen-bond acceptors (Lipinski definition) is 6. The molecule has 1 saturated heterocycles. The Labute approximate surface area is 310 Å². The molecule has 12 nitrogen and oxygen atoms in total. The van der Waals surface area contributed by atoms with Crippen molar-refractivity contribution in [3.05, 3.63) is 0 Å². The van der Waals surface area contributed by atoms with Gasteiger partial charge in [0.2, 0.25) is 23.5 Å². The monoisotopic (exact) mass is 724 g/mol. The topological polar surface area (TPSA) is 166 Å². The summed E-state index contributed by atoms with van der Waals surface area (Å²) < 4.78 is 0. The maximum absolute atomic E-state index is 14.8. The van der Waals surface area contributed by atoms with E-state index in [1.165, 1.54) is 0 Å². The van der Waals surface area contributed by atoms with Crippen LogP contribution in [0, 0.1) is 46.3 Å². The number of carbonyl (C=O) groups is 6. The van der Waals surface area contributed by atoms with Crippen LogP contribution in [0.4, 0.5) is 4.79 Å². The molecule has 1 aliphatic heterocycles. The number of hydrogen-bond donors (Lipinski definition) is 5. The van der Waals surface area contributed by atoms with Gasteiger partial charge < -0.3 is 31.5 Å². The van der Waals surface area contributed by atoms with Crippen LogP contribution in [0.5, 0.6) is 0 Å². The summed E-state index contributed by atoms with van der Waals surface area (Å²) in [7, 11) is 0. The first-order valence-electron chi connectivity index (χ1n) is 19.6. The summed E-state index contributed by atoms with van der Waals surface area (Å²) in [5, 5.41) is 14.6. The molecule has 0 aromatic rings. The van der Waals surface area contributed by atoms with Crippen LogP contribution in [0.1, 0.15) is 126 Å². The van der Waals surface area contributed by atoms with E-state index in [0.717, 1.165) is 44.9 Å². The highest BCUT2D eigenvalue weighted by Gasteiger charge is 2.70. The second kappa shape index (κ2) is 17.0. The van der Waals surface area contributed by atoms with Crippen molar-refractivity contribution in [1.29, 1.82) is 0 Å². The van der Waals surface area contributed by atoms with E-state index < -0.39 is 47.2 Å². The number of rotatable bonds is 17. The number of nitrogens with zero attached hydrogens (tertiary/aromatic N) is 1. The number of Topliss-reactive ketones (excluding diaryl/α,β-unsaturated/α-hetero) is 1. The van der Waals surface area contributed by atoms with E-state index >= 15 is 0 Å². The highest BCUT2D eigenvalue weighted by molar-refractivity contribution is 6.38. The number of nitrogens with one attached hydrogen (secondary N) is 5. The molecule has 6 amide bonds. The molecule has 6 atom stereocenters. The molecule has 0 radical (unpaired) electrons. The second-order valence-corrected chi connectivity index (χ2v) is 17.8. The normalized spacial score (nSPS) is 24.6. The Balaban J connectivity index is 1.53. The van der Waals surface area contributed by atoms with Crippen LogP contribution in [-0.2, 0) is 24.0 Å². The Morgan fingerprint density at radius 1 is 0.923 bits per heavy atom. The Bertz CT molecular complexity index is 1390. The smallest absolute Gasteiger partial charge is 0.315 e.